The zero-order valence-corrected chi connectivity index (χ0v) is 14.3. The van der Waals surface area contributed by atoms with Gasteiger partial charge in [0.1, 0.15) is 0 Å². The molecule has 0 fully saturated rings. The number of nitrogens with one attached hydrogen (secondary N) is 1. The van der Waals surface area contributed by atoms with Crippen LogP contribution in [-0.2, 0) is 4.79 Å². The highest BCUT2D eigenvalue weighted by Gasteiger charge is 2.26. The molecule has 0 aliphatic rings. The molecule has 2 N–H and O–H groups in total. The van der Waals surface area contributed by atoms with Crippen LogP contribution in [0.25, 0.3) is 0 Å². The summed E-state index contributed by atoms with van der Waals surface area (Å²) in [5.41, 5.74) is 0.980. The normalized spacial score (nSPS) is 13.6. The van der Waals surface area contributed by atoms with Crippen molar-refractivity contribution >= 4 is 17.7 Å². The molecule has 2 rings (SSSR count). The number of carbonyl (C=O) groups excluding carboxylic acids is 1. The number of carbonyl (C=O) groups is 1. The van der Waals surface area contributed by atoms with Crippen molar-refractivity contribution in [1.82, 2.24) is 5.32 Å². The standard InChI is InChI=1S/C19H23NO2S/c1-19(22,14-23-2)13-20-18(21)17(15-9-5-3-6-10-15)16-11-7-4-8-12-16/h3-12,17,22H,13-14H2,1-2H3,(H,20,21)/t19-/m1/s1. The second-order valence-corrected chi connectivity index (χ2v) is 6.77. The molecule has 3 nitrogen and oxygen atoms in total. The van der Waals surface area contributed by atoms with Crippen molar-refractivity contribution in [3.63, 3.8) is 0 Å². The van der Waals surface area contributed by atoms with Gasteiger partial charge in [-0.2, -0.15) is 11.8 Å². The first kappa shape index (κ1) is 17.6. The number of hydrogen-bond acceptors (Lipinski definition) is 3. The van der Waals surface area contributed by atoms with E-state index in [0.29, 0.717) is 5.75 Å². The molecule has 4 heteroatoms. The third-order valence-corrected chi connectivity index (χ3v) is 4.54. The molecule has 0 aliphatic carbocycles. The Morgan fingerprint density at radius 1 is 1.09 bits per heavy atom. The topological polar surface area (TPSA) is 49.3 Å². The number of amides is 1. The van der Waals surface area contributed by atoms with Gasteiger partial charge in [0.05, 0.1) is 11.5 Å². The molecule has 1 atom stereocenters. The van der Waals surface area contributed by atoms with Crippen LogP contribution in [0.1, 0.15) is 24.0 Å². The molecular formula is C19H23NO2S. The predicted octanol–water partition coefficient (Wildman–Crippen LogP) is 3.05. The highest BCUT2D eigenvalue weighted by atomic mass is 32.2. The third kappa shape index (κ3) is 5.12. The molecule has 23 heavy (non-hydrogen) atoms. The number of thioether (sulfide) groups is 1. The van der Waals surface area contributed by atoms with E-state index in [1.54, 1.807) is 18.7 Å². The molecule has 0 radical (unpaired) electrons. The van der Waals surface area contributed by atoms with Gasteiger partial charge in [-0.15, -0.1) is 0 Å². The molecule has 1 amide bonds. The van der Waals surface area contributed by atoms with Crippen molar-refractivity contribution in [3.8, 4) is 0 Å². The molecule has 0 bridgehead atoms. The van der Waals surface area contributed by atoms with Gasteiger partial charge in [0, 0.05) is 12.3 Å². The van der Waals surface area contributed by atoms with Crippen molar-refractivity contribution in [2.45, 2.75) is 18.4 Å². The maximum absolute atomic E-state index is 12.8. The molecule has 0 saturated carbocycles. The van der Waals surface area contributed by atoms with E-state index in [0.717, 1.165) is 11.1 Å². The molecule has 122 valence electrons. The molecule has 2 aromatic carbocycles. The lowest BCUT2D eigenvalue weighted by molar-refractivity contribution is -0.122. The van der Waals surface area contributed by atoms with E-state index < -0.39 is 5.60 Å². The minimum Gasteiger partial charge on any atom is -0.387 e. The van der Waals surface area contributed by atoms with E-state index >= 15 is 0 Å². The van der Waals surface area contributed by atoms with E-state index in [-0.39, 0.29) is 18.4 Å². The first-order valence-electron chi connectivity index (χ1n) is 7.62. The van der Waals surface area contributed by atoms with Crippen LogP contribution >= 0.6 is 11.8 Å². The van der Waals surface area contributed by atoms with Crippen molar-refractivity contribution < 1.29 is 9.90 Å². The van der Waals surface area contributed by atoms with Gasteiger partial charge >= 0.3 is 0 Å². The smallest absolute Gasteiger partial charge is 0.232 e. The number of benzene rings is 2. The van der Waals surface area contributed by atoms with Gasteiger partial charge in [-0.05, 0) is 24.3 Å². The molecule has 2 aromatic rings. The summed E-state index contributed by atoms with van der Waals surface area (Å²) in [4.78, 5) is 12.8. The highest BCUT2D eigenvalue weighted by Crippen LogP contribution is 2.25. The second kappa shape index (κ2) is 8.18. The number of aliphatic hydroxyl groups is 1. The van der Waals surface area contributed by atoms with Crippen LogP contribution in [0.3, 0.4) is 0 Å². The average Bonchev–Trinajstić information content (AvgIpc) is 2.55. The van der Waals surface area contributed by atoms with Crippen molar-refractivity contribution in [3.05, 3.63) is 71.8 Å². The summed E-state index contributed by atoms with van der Waals surface area (Å²) in [5.74, 6) is 0.112. The molecular weight excluding hydrogens is 306 g/mol. The molecule has 0 spiro atoms. The summed E-state index contributed by atoms with van der Waals surface area (Å²) in [6.07, 6.45) is 1.94. The lowest BCUT2D eigenvalue weighted by Gasteiger charge is -2.25. The van der Waals surface area contributed by atoms with Crippen LogP contribution in [0.2, 0.25) is 0 Å². The minimum atomic E-state index is -0.910. The summed E-state index contributed by atoms with van der Waals surface area (Å²) in [6.45, 7) is 1.98. The maximum Gasteiger partial charge on any atom is 0.232 e. The van der Waals surface area contributed by atoms with E-state index in [9.17, 15) is 9.90 Å². The summed E-state index contributed by atoms with van der Waals surface area (Å²) < 4.78 is 0. The van der Waals surface area contributed by atoms with Crippen LogP contribution in [0.5, 0.6) is 0 Å². The SMILES string of the molecule is CSC[C@](C)(O)CNC(=O)C(c1ccccc1)c1ccccc1. The van der Waals surface area contributed by atoms with E-state index in [4.69, 9.17) is 0 Å². The van der Waals surface area contributed by atoms with Gasteiger partial charge in [-0.1, -0.05) is 60.7 Å². The Kier molecular flexibility index (Phi) is 6.25. The monoisotopic (exact) mass is 329 g/mol. The van der Waals surface area contributed by atoms with Crippen molar-refractivity contribution in [1.29, 1.82) is 0 Å². The first-order chi connectivity index (χ1) is 11.0. The molecule has 0 aromatic heterocycles. The number of rotatable bonds is 7. The zero-order chi connectivity index (χ0) is 16.7. The van der Waals surface area contributed by atoms with Crippen LogP contribution in [-0.4, -0.2) is 35.2 Å². The summed E-state index contributed by atoms with van der Waals surface area (Å²) in [6, 6.07) is 19.4. The Morgan fingerprint density at radius 3 is 2.00 bits per heavy atom. The molecule has 0 heterocycles. The largest absolute Gasteiger partial charge is 0.387 e. The molecule has 0 saturated heterocycles. The van der Waals surface area contributed by atoms with Gasteiger partial charge in [0.15, 0.2) is 0 Å². The van der Waals surface area contributed by atoms with Crippen LogP contribution in [0, 0.1) is 0 Å². The van der Waals surface area contributed by atoms with Crippen LogP contribution < -0.4 is 5.32 Å². The van der Waals surface area contributed by atoms with E-state index in [2.05, 4.69) is 5.32 Å². The fourth-order valence-corrected chi connectivity index (χ4v) is 3.25. The highest BCUT2D eigenvalue weighted by molar-refractivity contribution is 7.98. The van der Waals surface area contributed by atoms with Gasteiger partial charge in [-0.25, -0.2) is 0 Å². The van der Waals surface area contributed by atoms with Crippen molar-refractivity contribution in [2.75, 3.05) is 18.6 Å². The lowest BCUT2D eigenvalue weighted by Crippen LogP contribution is -2.44. The Hall–Kier alpha value is -1.78. The Bertz CT molecular complexity index is 574. The predicted molar refractivity (Wildman–Crippen MR) is 96.7 cm³/mol. The third-order valence-electron chi connectivity index (χ3n) is 3.63. The van der Waals surface area contributed by atoms with Gasteiger partial charge < -0.3 is 10.4 Å². The summed E-state index contributed by atoms with van der Waals surface area (Å²) in [7, 11) is 0. The average molecular weight is 329 g/mol. The van der Waals surface area contributed by atoms with E-state index in [1.807, 2.05) is 66.9 Å². The molecule has 0 unspecified atom stereocenters. The molecule has 0 aliphatic heterocycles. The Morgan fingerprint density at radius 2 is 1.57 bits per heavy atom. The minimum absolute atomic E-state index is 0.0937. The fourth-order valence-electron chi connectivity index (χ4n) is 2.53. The van der Waals surface area contributed by atoms with Gasteiger partial charge in [-0.3, -0.25) is 4.79 Å². The quantitative estimate of drug-likeness (QED) is 0.821. The lowest BCUT2D eigenvalue weighted by atomic mass is 9.90. The van der Waals surface area contributed by atoms with Crippen LogP contribution in [0.15, 0.2) is 60.7 Å². The van der Waals surface area contributed by atoms with Crippen LogP contribution in [0.4, 0.5) is 0 Å². The second-order valence-electron chi connectivity index (χ2n) is 5.90. The summed E-state index contributed by atoms with van der Waals surface area (Å²) >= 11 is 1.56. The van der Waals surface area contributed by atoms with E-state index in [1.165, 1.54) is 0 Å². The first-order valence-corrected chi connectivity index (χ1v) is 9.02. The van der Waals surface area contributed by atoms with Gasteiger partial charge in [0.2, 0.25) is 5.91 Å². The number of hydrogen-bond donors (Lipinski definition) is 2. The summed E-state index contributed by atoms with van der Waals surface area (Å²) in [5, 5.41) is 13.2. The maximum atomic E-state index is 12.8. The Labute approximate surface area is 142 Å². The zero-order valence-electron chi connectivity index (χ0n) is 13.5. The Balaban J connectivity index is 2.20. The fraction of sp³-hybridized carbons (Fsp3) is 0.316. The van der Waals surface area contributed by atoms with Gasteiger partial charge in [0.25, 0.3) is 0 Å². The van der Waals surface area contributed by atoms with Crippen molar-refractivity contribution in [2.24, 2.45) is 0 Å².